The number of carbonyl (C=O) groups is 1. The number of rotatable bonds is 7. The lowest BCUT2D eigenvalue weighted by atomic mass is 10.1. The van der Waals surface area contributed by atoms with Crippen LogP contribution in [0.15, 0.2) is 95.8 Å². The predicted molar refractivity (Wildman–Crippen MR) is 120 cm³/mol. The Morgan fingerprint density at radius 3 is 2.17 bits per heavy atom. The maximum Gasteiger partial charge on any atom is 0.214 e. The van der Waals surface area contributed by atoms with Gasteiger partial charge >= 0.3 is 0 Å². The summed E-state index contributed by atoms with van der Waals surface area (Å²) in [5.41, 5.74) is 4.66. The van der Waals surface area contributed by atoms with Crippen LogP contribution in [0, 0.1) is 6.92 Å². The Morgan fingerprint density at radius 2 is 1.66 bits per heavy atom. The minimum absolute atomic E-state index is 0.489. The molecule has 0 aliphatic heterocycles. The first-order valence-electron chi connectivity index (χ1n) is 9.30. The number of carbonyl (C=O) groups excluding carboxylic acids is 1. The fourth-order valence-electron chi connectivity index (χ4n) is 2.62. The van der Waals surface area contributed by atoms with Gasteiger partial charge in [-0.2, -0.15) is 0 Å². The number of hydrogen-bond donors (Lipinski definition) is 1. The molecule has 4 heteroatoms. The summed E-state index contributed by atoms with van der Waals surface area (Å²) in [4.78, 5) is 14.2. The highest BCUT2D eigenvalue weighted by atomic mass is 16.5. The minimum atomic E-state index is 0.489. The normalized spacial score (nSPS) is 10.7. The van der Waals surface area contributed by atoms with Crippen molar-refractivity contribution < 1.29 is 9.53 Å². The van der Waals surface area contributed by atoms with Crippen LogP contribution in [0.3, 0.4) is 0 Å². The first-order chi connectivity index (χ1) is 14.2. The molecule has 0 fully saturated rings. The second-order valence-corrected chi connectivity index (χ2v) is 6.26. The molecule has 3 aromatic carbocycles. The Labute approximate surface area is 172 Å². The Bertz CT molecular complexity index is 935. The van der Waals surface area contributed by atoms with E-state index in [1.165, 1.54) is 0 Å². The maximum absolute atomic E-state index is 10.2. The van der Waals surface area contributed by atoms with E-state index < -0.39 is 0 Å². The molecular weight excluding hydrogens is 360 g/mol. The Hall–Kier alpha value is -3.66. The summed E-state index contributed by atoms with van der Waals surface area (Å²) in [5, 5.41) is 3.05. The van der Waals surface area contributed by atoms with Gasteiger partial charge < -0.3 is 10.1 Å². The summed E-state index contributed by atoms with van der Waals surface area (Å²) >= 11 is 0. The quantitative estimate of drug-likeness (QED) is 0.342. The van der Waals surface area contributed by atoms with Crippen molar-refractivity contribution in [2.24, 2.45) is 4.99 Å². The molecular formula is C25H26N2O2. The van der Waals surface area contributed by atoms with Crippen molar-refractivity contribution in [1.82, 2.24) is 5.32 Å². The lowest BCUT2D eigenvalue weighted by Crippen LogP contribution is -2.12. The number of nitrogens with zero attached hydrogens (tertiary/aromatic N) is 1. The molecule has 148 valence electrons. The Balaban J connectivity index is 0.000000278. The molecule has 0 spiro atoms. The fourth-order valence-corrected chi connectivity index (χ4v) is 2.62. The van der Waals surface area contributed by atoms with E-state index in [1.807, 2.05) is 92.8 Å². The molecule has 1 N–H and O–H groups in total. The van der Waals surface area contributed by atoms with Crippen molar-refractivity contribution in [2.45, 2.75) is 13.5 Å². The smallest absolute Gasteiger partial charge is 0.214 e. The van der Waals surface area contributed by atoms with E-state index in [4.69, 9.17) is 4.74 Å². The minimum Gasteiger partial charge on any atom is -0.473 e. The monoisotopic (exact) mass is 386 g/mol. The number of ether oxygens (including phenoxy) is 1. The number of nitrogens with one attached hydrogen (secondary N) is 1. The van der Waals surface area contributed by atoms with Crippen LogP contribution in [0.2, 0.25) is 0 Å². The topological polar surface area (TPSA) is 50.7 Å². The van der Waals surface area contributed by atoms with Gasteiger partial charge in [0.25, 0.3) is 0 Å². The summed E-state index contributed by atoms with van der Waals surface area (Å²) in [7, 11) is 1.81. The molecule has 0 aliphatic carbocycles. The fraction of sp³-hybridized carbons (Fsp3) is 0.120. The molecule has 0 heterocycles. The number of aryl methyl sites for hydroxylation is 1. The van der Waals surface area contributed by atoms with E-state index in [1.54, 1.807) is 6.07 Å². The standard InChI is InChI=1S/C17H18N2O.C8H8O/c1-18-16(15-11-7-4-8-12-15)17(19-2)20-13-14-9-5-3-6-10-14;1-7-3-2-4-8(5-7)6-9/h3-12,19H,1,13H2,2H3;2-6H,1H3/b17-16-;. The molecule has 0 aromatic heterocycles. The van der Waals surface area contributed by atoms with Gasteiger partial charge in [0.1, 0.15) is 18.6 Å². The molecule has 0 aliphatic rings. The van der Waals surface area contributed by atoms with E-state index in [0.717, 1.165) is 28.5 Å². The maximum atomic E-state index is 10.2. The third-order valence-corrected chi connectivity index (χ3v) is 4.05. The van der Waals surface area contributed by atoms with Crippen molar-refractivity contribution in [3.63, 3.8) is 0 Å². The Kier molecular flexibility index (Phi) is 8.90. The van der Waals surface area contributed by atoms with E-state index in [-0.39, 0.29) is 0 Å². The van der Waals surface area contributed by atoms with E-state index in [0.29, 0.717) is 18.2 Å². The van der Waals surface area contributed by atoms with Gasteiger partial charge in [-0.1, -0.05) is 84.4 Å². The highest BCUT2D eigenvalue weighted by Crippen LogP contribution is 2.19. The molecule has 4 nitrogen and oxygen atoms in total. The van der Waals surface area contributed by atoms with Crippen molar-refractivity contribution in [3.05, 3.63) is 113 Å². The van der Waals surface area contributed by atoms with Gasteiger partial charge in [0.2, 0.25) is 5.88 Å². The van der Waals surface area contributed by atoms with Crippen molar-refractivity contribution >= 4 is 18.7 Å². The van der Waals surface area contributed by atoms with Crippen LogP contribution in [-0.2, 0) is 11.3 Å². The highest BCUT2D eigenvalue weighted by molar-refractivity contribution is 5.74. The molecule has 3 rings (SSSR count). The van der Waals surface area contributed by atoms with Gasteiger partial charge in [-0.15, -0.1) is 0 Å². The summed E-state index contributed by atoms with van der Waals surface area (Å²) < 4.78 is 5.82. The van der Waals surface area contributed by atoms with Gasteiger partial charge in [-0.05, 0) is 25.3 Å². The zero-order valence-electron chi connectivity index (χ0n) is 16.8. The van der Waals surface area contributed by atoms with E-state index >= 15 is 0 Å². The molecule has 3 aromatic rings. The van der Waals surface area contributed by atoms with Gasteiger partial charge in [0.15, 0.2) is 0 Å². The number of benzene rings is 3. The van der Waals surface area contributed by atoms with Crippen molar-refractivity contribution in [3.8, 4) is 0 Å². The van der Waals surface area contributed by atoms with Crippen LogP contribution in [0.25, 0.3) is 5.70 Å². The SMILES string of the molecule is C=N/C(=C(/NC)OCc1ccccc1)c1ccccc1.Cc1cccc(C=O)c1. The Morgan fingerprint density at radius 1 is 1.00 bits per heavy atom. The van der Waals surface area contributed by atoms with Crippen LogP contribution in [-0.4, -0.2) is 20.1 Å². The number of aliphatic imine (C=N–C) groups is 1. The molecule has 29 heavy (non-hydrogen) atoms. The van der Waals surface area contributed by atoms with Gasteiger partial charge in [0.05, 0.1) is 0 Å². The predicted octanol–water partition coefficient (Wildman–Crippen LogP) is 5.26. The summed E-state index contributed by atoms with van der Waals surface area (Å²) in [6.07, 6.45) is 0.854. The lowest BCUT2D eigenvalue weighted by Gasteiger charge is -2.13. The van der Waals surface area contributed by atoms with Gasteiger partial charge in [-0.3, -0.25) is 9.79 Å². The van der Waals surface area contributed by atoms with Crippen molar-refractivity contribution in [2.75, 3.05) is 7.05 Å². The molecule has 0 amide bonds. The van der Waals surface area contributed by atoms with Gasteiger partial charge in [-0.25, -0.2) is 0 Å². The first kappa shape index (κ1) is 21.6. The third kappa shape index (κ3) is 7.11. The summed E-state index contributed by atoms with van der Waals surface area (Å²) in [5.74, 6) is 0.620. The highest BCUT2D eigenvalue weighted by Gasteiger charge is 2.08. The summed E-state index contributed by atoms with van der Waals surface area (Å²) in [6, 6.07) is 27.4. The van der Waals surface area contributed by atoms with Crippen LogP contribution >= 0.6 is 0 Å². The molecule has 0 saturated heterocycles. The lowest BCUT2D eigenvalue weighted by molar-refractivity contribution is 0.112. The zero-order chi connectivity index (χ0) is 20.9. The zero-order valence-corrected chi connectivity index (χ0v) is 16.8. The van der Waals surface area contributed by atoms with Crippen LogP contribution < -0.4 is 5.32 Å². The molecule has 0 bridgehead atoms. The second kappa shape index (κ2) is 11.9. The first-order valence-corrected chi connectivity index (χ1v) is 9.30. The largest absolute Gasteiger partial charge is 0.473 e. The molecule has 0 atom stereocenters. The van der Waals surface area contributed by atoms with Crippen molar-refractivity contribution in [1.29, 1.82) is 0 Å². The van der Waals surface area contributed by atoms with Crippen LogP contribution in [0.4, 0.5) is 0 Å². The average molecular weight is 386 g/mol. The molecule has 0 radical (unpaired) electrons. The van der Waals surface area contributed by atoms with Gasteiger partial charge in [0, 0.05) is 18.2 Å². The molecule has 0 saturated carbocycles. The number of hydrogen-bond acceptors (Lipinski definition) is 4. The second-order valence-electron chi connectivity index (χ2n) is 6.26. The third-order valence-electron chi connectivity index (χ3n) is 4.05. The van der Waals surface area contributed by atoms with E-state index in [9.17, 15) is 4.79 Å². The van der Waals surface area contributed by atoms with E-state index in [2.05, 4.69) is 17.0 Å². The number of aldehydes is 1. The van der Waals surface area contributed by atoms with Crippen LogP contribution in [0.1, 0.15) is 27.0 Å². The van der Waals surface area contributed by atoms with Crippen LogP contribution in [0.5, 0.6) is 0 Å². The summed E-state index contributed by atoms with van der Waals surface area (Å²) in [6.45, 7) is 6.09. The average Bonchev–Trinajstić information content (AvgIpc) is 2.78. The molecule has 0 unspecified atom stereocenters.